The van der Waals surface area contributed by atoms with Crippen molar-refractivity contribution in [1.29, 1.82) is 0 Å². The number of nitrogens with zero attached hydrogens (tertiary/aromatic N) is 1. The molecule has 2 aromatic rings. The number of benzene rings is 2. The standard InChI is InChI=1S/C23H27ClN2O6S/c1-2-3-14-31-23(28)17-6-8-18(9-7-17)25-22(27)16-32-21-11-10-19(15-20(21)24)33(29,30)26-12-4-5-13-26/h6-11,15H,2-5,12-14,16H2,1H3,(H,25,27). The van der Waals surface area contributed by atoms with Crippen LogP contribution in [0.4, 0.5) is 5.69 Å². The second kappa shape index (κ2) is 11.5. The summed E-state index contributed by atoms with van der Waals surface area (Å²) in [5.41, 5.74) is 0.892. The number of esters is 1. The fraction of sp³-hybridized carbons (Fsp3) is 0.391. The van der Waals surface area contributed by atoms with Gasteiger partial charge in [0.2, 0.25) is 10.0 Å². The third-order valence-electron chi connectivity index (χ3n) is 5.10. The molecule has 1 fully saturated rings. The van der Waals surface area contributed by atoms with Crippen LogP contribution in [0, 0.1) is 0 Å². The minimum absolute atomic E-state index is 0.0968. The summed E-state index contributed by atoms with van der Waals surface area (Å²) < 4.78 is 37.3. The first-order chi connectivity index (χ1) is 15.8. The van der Waals surface area contributed by atoms with Crippen molar-refractivity contribution in [2.75, 3.05) is 31.6 Å². The summed E-state index contributed by atoms with van der Waals surface area (Å²) in [7, 11) is -3.59. The van der Waals surface area contributed by atoms with E-state index in [4.69, 9.17) is 21.1 Å². The topological polar surface area (TPSA) is 102 Å². The summed E-state index contributed by atoms with van der Waals surface area (Å²) in [5, 5.41) is 2.77. The predicted octanol–water partition coefficient (Wildman–Crippen LogP) is 4.10. The average molecular weight is 495 g/mol. The SMILES string of the molecule is CCCCOC(=O)c1ccc(NC(=O)COc2ccc(S(=O)(=O)N3CCCC3)cc2Cl)cc1. The van der Waals surface area contributed by atoms with Crippen LogP contribution >= 0.6 is 11.6 Å². The van der Waals surface area contributed by atoms with E-state index in [0.29, 0.717) is 30.9 Å². The first kappa shape index (κ1) is 25.0. The minimum Gasteiger partial charge on any atom is -0.482 e. The molecule has 10 heteroatoms. The van der Waals surface area contributed by atoms with E-state index in [0.717, 1.165) is 25.7 Å². The molecule has 0 atom stereocenters. The van der Waals surface area contributed by atoms with Crippen molar-refractivity contribution < 1.29 is 27.5 Å². The second-order valence-electron chi connectivity index (χ2n) is 7.61. The molecule has 33 heavy (non-hydrogen) atoms. The van der Waals surface area contributed by atoms with Gasteiger partial charge in [-0.2, -0.15) is 4.31 Å². The van der Waals surface area contributed by atoms with Gasteiger partial charge in [0.15, 0.2) is 6.61 Å². The first-order valence-electron chi connectivity index (χ1n) is 10.8. The van der Waals surface area contributed by atoms with Crippen LogP contribution in [0.1, 0.15) is 43.0 Å². The summed E-state index contributed by atoms with van der Waals surface area (Å²) >= 11 is 6.19. The molecule has 2 aromatic carbocycles. The van der Waals surface area contributed by atoms with Gasteiger partial charge in [-0.1, -0.05) is 24.9 Å². The van der Waals surface area contributed by atoms with Crippen molar-refractivity contribution >= 4 is 39.2 Å². The van der Waals surface area contributed by atoms with Crippen LogP contribution in [-0.4, -0.2) is 50.9 Å². The van der Waals surface area contributed by atoms with Gasteiger partial charge in [0.25, 0.3) is 5.91 Å². The second-order valence-corrected chi connectivity index (χ2v) is 9.95. The number of rotatable bonds is 10. The number of halogens is 1. The molecule has 1 aliphatic heterocycles. The summed E-state index contributed by atoms with van der Waals surface area (Å²) in [6.07, 6.45) is 3.43. The summed E-state index contributed by atoms with van der Waals surface area (Å²) in [4.78, 5) is 24.2. The molecule has 1 amide bonds. The number of ether oxygens (including phenoxy) is 2. The smallest absolute Gasteiger partial charge is 0.338 e. The Balaban J connectivity index is 1.53. The summed E-state index contributed by atoms with van der Waals surface area (Å²) in [6.45, 7) is 3.06. The molecule has 1 heterocycles. The highest BCUT2D eigenvalue weighted by atomic mass is 35.5. The molecule has 8 nitrogen and oxygen atoms in total. The lowest BCUT2D eigenvalue weighted by Gasteiger charge is -2.16. The molecule has 0 unspecified atom stereocenters. The Morgan fingerprint density at radius 1 is 1.09 bits per heavy atom. The first-order valence-corrected chi connectivity index (χ1v) is 12.6. The van der Waals surface area contributed by atoms with Crippen LogP contribution in [0.3, 0.4) is 0 Å². The van der Waals surface area contributed by atoms with Crippen molar-refractivity contribution in [3.05, 3.63) is 53.1 Å². The zero-order valence-electron chi connectivity index (χ0n) is 18.4. The van der Waals surface area contributed by atoms with Crippen LogP contribution in [0.2, 0.25) is 5.02 Å². The summed E-state index contributed by atoms with van der Waals surface area (Å²) in [5.74, 6) is -0.634. The normalized spacial score (nSPS) is 14.1. The van der Waals surface area contributed by atoms with Crippen LogP contribution in [-0.2, 0) is 19.6 Å². The number of nitrogens with one attached hydrogen (secondary N) is 1. The Bertz CT molecular complexity index is 1080. The monoisotopic (exact) mass is 494 g/mol. The number of amides is 1. The zero-order chi connectivity index (χ0) is 23.8. The van der Waals surface area contributed by atoms with Crippen molar-refractivity contribution in [3.8, 4) is 5.75 Å². The van der Waals surface area contributed by atoms with E-state index in [-0.39, 0.29) is 22.3 Å². The molecular weight excluding hydrogens is 468 g/mol. The Morgan fingerprint density at radius 3 is 2.42 bits per heavy atom. The van der Waals surface area contributed by atoms with E-state index in [1.54, 1.807) is 24.3 Å². The maximum absolute atomic E-state index is 12.6. The highest BCUT2D eigenvalue weighted by Crippen LogP contribution is 2.30. The molecule has 178 valence electrons. The molecule has 0 spiro atoms. The van der Waals surface area contributed by atoms with Gasteiger partial charge in [0.1, 0.15) is 5.75 Å². The van der Waals surface area contributed by atoms with Gasteiger partial charge in [-0.05, 0) is 61.7 Å². The zero-order valence-corrected chi connectivity index (χ0v) is 20.0. The highest BCUT2D eigenvalue weighted by Gasteiger charge is 2.27. The molecule has 1 N–H and O–H groups in total. The van der Waals surface area contributed by atoms with Gasteiger partial charge in [0, 0.05) is 18.8 Å². The van der Waals surface area contributed by atoms with Crippen molar-refractivity contribution in [2.45, 2.75) is 37.5 Å². The fourth-order valence-electron chi connectivity index (χ4n) is 3.26. The number of hydrogen-bond donors (Lipinski definition) is 1. The van der Waals surface area contributed by atoms with Gasteiger partial charge >= 0.3 is 5.97 Å². The minimum atomic E-state index is -3.59. The molecule has 0 aliphatic carbocycles. The third kappa shape index (κ3) is 6.69. The Kier molecular flexibility index (Phi) is 8.71. The predicted molar refractivity (Wildman–Crippen MR) is 125 cm³/mol. The molecule has 1 saturated heterocycles. The lowest BCUT2D eigenvalue weighted by Crippen LogP contribution is -2.27. The van der Waals surface area contributed by atoms with E-state index in [1.807, 2.05) is 6.92 Å². The lowest BCUT2D eigenvalue weighted by atomic mass is 10.2. The van der Waals surface area contributed by atoms with Gasteiger partial charge < -0.3 is 14.8 Å². The highest BCUT2D eigenvalue weighted by molar-refractivity contribution is 7.89. The molecule has 0 saturated carbocycles. The molecule has 0 aromatic heterocycles. The van der Waals surface area contributed by atoms with Crippen molar-refractivity contribution in [2.24, 2.45) is 0 Å². The molecule has 0 bridgehead atoms. The molecule has 1 aliphatic rings. The number of hydrogen-bond acceptors (Lipinski definition) is 6. The largest absolute Gasteiger partial charge is 0.482 e. The van der Waals surface area contributed by atoms with Crippen molar-refractivity contribution in [1.82, 2.24) is 4.31 Å². The van der Waals surface area contributed by atoms with Gasteiger partial charge in [-0.3, -0.25) is 4.79 Å². The fourth-order valence-corrected chi connectivity index (χ4v) is 5.10. The Morgan fingerprint density at radius 2 is 1.79 bits per heavy atom. The van der Waals surface area contributed by atoms with Gasteiger partial charge in [0.05, 0.1) is 22.1 Å². The molecular formula is C23H27ClN2O6S. The number of carbonyl (C=O) groups excluding carboxylic acids is 2. The van der Waals surface area contributed by atoms with E-state index < -0.39 is 21.9 Å². The lowest BCUT2D eigenvalue weighted by molar-refractivity contribution is -0.118. The van der Waals surface area contributed by atoms with Crippen LogP contribution in [0.15, 0.2) is 47.4 Å². The van der Waals surface area contributed by atoms with E-state index >= 15 is 0 Å². The Labute approximate surface area is 198 Å². The van der Waals surface area contributed by atoms with E-state index in [1.165, 1.54) is 22.5 Å². The maximum Gasteiger partial charge on any atom is 0.338 e. The molecule has 0 radical (unpaired) electrons. The number of carbonyl (C=O) groups is 2. The maximum atomic E-state index is 12.6. The van der Waals surface area contributed by atoms with E-state index in [2.05, 4.69) is 5.32 Å². The van der Waals surface area contributed by atoms with Crippen LogP contribution in [0.5, 0.6) is 5.75 Å². The van der Waals surface area contributed by atoms with Crippen LogP contribution in [0.25, 0.3) is 0 Å². The number of sulfonamides is 1. The number of unbranched alkanes of at least 4 members (excludes halogenated alkanes) is 1. The van der Waals surface area contributed by atoms with Gasteiger partial charge in [-0.25, -0.2) is 13.2 Å². The van der Waals surface area contributed by atoms with Gasteiger partial charge in [-0.15, -0.1) is 0 Å². The third-order valence-corrected chi connectivity index (χ3v) is 7.29. The van der Waals surface area contributed by atoms with Crippen molar-refractivity contribution in [3.63, 3.8) is 0 Å². The number of anilines is 1. The average Bonchev–Trinajstić information content (AvgIpc) is 3.35. The van der Waals surface area contributed by atoms with Crippen LogP contribution < -0.4 is 10.1 Å². The quantitative estimate of drug-likeness (QED) is 0.394. The summed E-state index contributed by atoms with van der Waals surface area (Å²) in [6, 6.07) is 10.5. The molecule has 3 rings (SSSR count). The Hall–Kier alpha value is -2.62. The van der Waals surface area contributed by atoms with E-state index in [9.17, 15) is 18.0 Å².